The Balaban J connectivity index is 1.66. The summed E-state index contributed by atoms with van der Waals surface area (Å²) < 4.78 is 7.72. The molecule has 0 spiro atoms. The van der Waals surface area contributed by atoms with Crippen molar-refractivity contribution in [1.29, 1.82) is 0 Å². The molecular formula is C20H20N4O3S. The van der Waals surface area contributed by atoms with Crippen molar-refractivity contribution in [3.8, 4) is 11.4 Å². The molecule has 7 nitrogen and oxygen atoms in total. The molecular weight excluding hydrogens is 376 g/mol. The van der Waals surface area contributed by atoms with Crippen LogP contribution in [0.3, 0.4) is 0 Å². The number of nitro benzene ring substituents is 1. The van der Waals surface area contributed by atoms with Crippen molar-refractivity contribution in [2.75, 3.05) is 0 Å². The zero-order valence-corrected chi connectivity index (χ0v) is 16.0. The van der Waals surface area contributed by atoms with Crippen LogP contribution in [0.1, 0.15) is 31.5 Å². The molecule has 0 saturated heterocycles. The van der Waals surface area contributed by atoms with Gasteiger partial charge in [-0.25, -0.2) is 0 Å². The Morgan fingerprint density at radius 2 is 1.89 bits per heavy atom. The minimum absolute atomic E-state index is 0.0398. The Morgan fingerprint density at radius 1 is 1.11 bits per heavy atom. The number of nitrogens with zero attached hydrogens (tertiary/aromatic N) is 4. The molecule has 1 aliphatic carbocycles. The highest BCUT2D eigenvalue weighted by molar-refractivity contribution is 7.99. The van der Waals surface area contributed by atoms with Gasteiger partial charge in [0.25, 0.3) is 5.69 Å². The molecule has 1 saturated carbocycles. The van der Waals surface area contributed by atoms with Gasteiger partial charge in [0.1, 0.15) is 12.4 Å². The zero-order valence-electron chi connectivity index (χ0n) is 15.2. The molecule has 0 unspecified atom stereocenters. The Kier molecular flexibility index (Phi) is 5.57. The number of rotatable bonds is 7. The number of non-ortho nitro benzene ring substituents is 1. The third-order valence-corrected chi connectivity index (χ3v) is 5.96. The summed E-state index contributed by atoms with van der Waals surface area (Å²) in [6, 6.07) is 16.0. The summed E-state index contributed by atoms with van der Waals surface area (Å²) in [6.45, 7) is 0.227. The molecule has 0 aliphatic heterocycles. The van der Waals surface area contributed by atoms with E-state index in [2.05, 4.69) is 10.2 Å². The van der Waals surface area contributed by atoms with E-state index in [1.165, 1.54) is 18.9 Å². The Morgan fingerprint density at radius 3 is 2.64 bits per heavy atom. The number of hydrogen-bond acceptors (Lipinski definition) is 6. The van der Waals surface area contributed by atoms with E-state index >= 15 is 0 Å². The van der Waals surface area contributed by atoms with Crippen molar-refractivity contribution in [2.45, 2.75) is 42.7 Å². The summed E-state index contributed by atoms with van der Waals surface area (Å²) in [7, 11) is 0. The van der Waals surface area contributed by atoms with Crippen LogP contribution in [-0.2, 0) is 6.61 Å². The van der Waals surface area contributed by atoms with Crippen molar-refractivity contribution < 1.29 is 9.66 Å². The molecule has 2 aromatic carbocycles. The van der Waals surface area contributed by atoms with E-state index < -0.39 is 4.92 Å². The molecule has 0 bridgehead atoms. The van der Waals surface area contributed by atoms with Crippen molar-refractivity contribution >= 4 is 17.4 Å². The molecule has 3 aromatic rings. The quantitative estimate of drug-likeness (QED) is 0.422. The van der Waals surface area contributed by atoms with Crippen LogP contribution >= 0.6 is 11.8 Å². The van der Waals surface area contributed by atoms with Crippen LogP contribution in [0.2, 0.25) is 0 Å². The summed E-state index contributed by atoms with van der Waals surface area (Å²) in [6.07, 6.45) is 4.77. The molecule has 1 aromatic heterocycles. The zero-order chi connectivity index (χ0) is 19.3. The van der Waals surface area contributed by atoms with E-state index in [9.17, 15) is 10.1 Å². The number of hydrogen-bond donors (Lipinski definition) is 0. The van der Waals surface area contributed by atoms with Crippen molar-refractivity contribution in [1.82, 2.24) is 14.8 Å². The second kappa shape index (κ2) is 8.43. The first kappa shape index (κ1) is 18.5. The molecule has 144 valence electrons. The van der Waals surface area contributed by atoms with E-state index in [4.69, 9.17) is 4.74 Å². The lowest BCUT2D eigenvalue weighted by atomic mass is 10.3. The largest absolute Gasteiger partial charge is 0.486 e. The van der Waals surface area contributed by atoms with Gasteiger partial charge in [0.05, 0.1) is 10.6 Å². The number of aromatic nitrogens is 3. The summed E-state index contributed by atoms with van der Waals surface area (Å²) in [4.78, 5) is 10.8. The lowest BCUT2D eigenvalue weighted by Crippen LogP contribution is -2.08. The highest BCUT2D eigenvalue weighted by atomic mass is 32.2. The van der Waals surface area contributed by atoms with Crippen LogP contribution in [0.4, 0.5) is 5.69 Å². The van der Waals surface area contributed by atoms with E-state index in [1.54, 1.807) is 23.9 Å². The van der Waals surface area contributed by atoms with Crippen LogP contribution in [0.25, 0.3) is 5.69 Å². The topological polar surface area (TPSA) is 83.1 Å². The lowest BCUT2D eigenvalue weighted by molar-refractivity contribution is -0.384. The molecule has 4 rings (SSSR count). The Bertz CT molecular complexity index is 955. The second-order valence-electron chi connectivity index (χ2n) is 6.64. The number of para-hydroxylation sites is 1. The van der Waals surface area contributed by atoms with Gasteiger partial charge in [0.2, 0.25) is 0 Å². The molecule has 0 radical (unpaired) electrons. The number of thioether (sulfide) groups is 1. The minimum atomic E-state index is -0.391. The summed E-state index contributed by atoms with van der Waals surface area (Å²) >= 11 is 1.69. The van der Waals surface area contributed by atoms with Gasteiger partial charge in [-0.05, 0) is 31.0 Å². The first-order valence-electron chi connectivity index (χ1n) is 9.24. The average Bonchev–Trinajstić information content (AvgIpc) is 3.37. The van der Waals surface area contributed by atoms with E-state index in [0.29, 0.717) is 16.8 Å². The van der Waals surface area contributed by atoms with E-state index in [1.807, 2.05) is 41.0 Å². The average molecular weight is 396 g/mol. The maximum absolute atomic E-state index is 11.2. The molecule has 0 N–H and O–H groups in total. The van der Waals surface area contributed by atoms with Crippen LogP contribution in [0.15, 0.2) is 59.8 Å². The van der Waals surface area contributed by atoms with Gasteiger partial charge in [-0.2, -0.15) is 0 Å². The molecule has 1 heterocycles. The monoisotopic (exact) mass is 396 g/mol. The fourth-order valence-corrected chi connectivity index (χ4v) is 4.57. The first-order valence-corrected chi connectivity index (χ1v) is 10.1. The molecule has 0 amide bonds. The smallest absolute Gasteiger partial charge is 0.271 e. The SMILES string of the molecule is O=[N+]([O-])c1cccc(-n2c(COc3ccccc3)nnc2SC2CCCC2)c1. The maximum atomic E-state index is 11.2. The van der Waals surface area contributed by atoms with Crippen LogP contribution in [0.5, 0.6) is 5.75 Å². The third-order valence-electron chi connectivity index (χ3n) is 4.68. The van der Waals surface area contributed by atoms with Crippen LogP contribution in [0, 0.1) is 10.1 Å². The van der Waals surface area contributed by atoms with Gasteiger partial charge in [-0.1, -0.05) is 48.9 Å². The van der Waals surface area contributed by atoms with Crippen molar-refractivity contribution in [2.24, 2.45) is 0 Å². The van der Waals surface area contributed by atoms with Gasteiger partial charge < -0.3 is 4.74 Å². The minimum Gasteiger partial charge on any atom is -0.486 e. The van der Waals surface area contributed by atoms with E-state index in [0.717, 1.165) is 23.7 Å². The number of benzene rings is 2. The van der Waals surface area contributed by atoms with Gasteiger partial charge in [0.15, 0.2) is 11.0 Å². The van der Waals surface area contributed by atoms with Gasteiger partial charge >= 0.3 is 0 Å². The molecule has 1 aliphatic rings. The predicted molar refractivity (Wildman–Crippen MR) is 107 cm³/mol. The predicted octanol–water partition coefficient (Wildman–Crippen LogP) is 4.79. The fraction of sp³-hybridized carbons (Fsp3) is 0.300. The summed E-state index contributed by atoms with van der Waals surface area (Å²) in [5.74, 6) is 1.35. The van der Waals surface area contributed by atoms with Crippen LogP contribution < -0.4 is 4.74 Å². The second-order valence-corrected chi connectivity index (χ2v) is 7.90. The Hall–Kier alpha value is -2.87. The molecule has 1 fully saturated rings. The van der Waals surface area contributed by atoms with Crippen LogP contribution in [-0.4, -0.2) is 24.9 Å². The van der Waals surface area contributed by atoms with Gasteiger partial charge in [-0.3, -0.25) is 14.7 Å². The third kappa shape index (κ3) is 4.17. The van der Waals surface area contributed by atoms with E-state index in [-0.39, 0.29) is 12.3 Å². The van der Waals surface area contributed by atoms with Gasteiger partial charge in [0, 0.05) is 17.4 Å². The maximum Gasteiger partial charge on any atom is 0.271 e. The standard InChI is InChI=1S/C20H20N4O3S/c25-24(26)16-8-6-7-15(13-16)23-19(14-27-17-9-2-1-3-10-17)21-22-20(23)28-18-11-4-5-12-18/h1-3,6-10,13,18H,4-5,11-12,14H2. The molecule has 0 atom stereocenters. The highest BCUT2D eigenvalue weighted by Crippen LogP contribution is 2.35. The fourth-order valence-electron chi connectivity index (χ4n) is 3.30. The normalized spacial score (nSPS) is 14.3. The number of nitro groups is 1. The molecule has 28 heavy (non-hydrogen) atoms. The number of ether oxygens (including phenoxy) is 1. The molecule has 8 heteroatoms. The Labute approximate surface area is 166 Å². The summed E-state index contributed by atoms with van der Waals surface area (Å²) in [5.41, 5.74) is 0.712. The highest BCUT2D eigenvalue weighted by Gasteiger charge is 2.23. The first-order chi connectivity index (χ1) is 13.7. The lowest BCUT2D eigenvalue weighted by Gasteiger charge is -2.13. The van der Waals surface area contributed by atoms with Crippen molar-refractivity contribution in [3.63, 3.8) is 0 Å². The van der Waals surface area contributed by atoms with Crippen molar-refractivity contribution in [3.05, 3.63) is 70.5 Å². The summed E-state index contributed by atoms with van der Waals surface area (Å²) in [5, 5.41) is 21.2. The van der Waals surface area contributed by atoms with Gasteiger partial charge in [-0.15, -0.1) is 10.2 Å².